The average Bonchev–Trinajstić information content (AvgIpc) is 3.19. The van der Waals surface area contributed by atoms with E-state index < -0.39 is 5.60 Å². The van der Waals surface area contributed by atoms with Gasteiger partial charge in [-0.05, 0) is 117 Å². The standard InChI is InChI=1S/C30H43FN2O3/c1-28(35)12-13-30(18-36-3)20(15-28)4-6-22-23-7-8-25(29(23,2)11-10-24(22)30)27(34)17-33-16-19-14-21(31)5-9-26(19)32/h5,9,14,16,20,22-25,35H,4,6-8,10-13,15,17-18,32H2,1-3H3/t20-,22-,23-,24-,25+,28+,29-,30+/m0/s1. The number of nitrogens with two attached hydrogens (primary N) is 1. The second-order valence-corrected chi connectivity index (χ2v) is 12.9. The number of fused-ring (bicyclic) bond motifs is 5. The zero-order valence-electron chi connectivity index (χ0n) is 22.1. The van der Waals surface area contributed by atoms with Crippen LogP contribution in [0.1, 0.15) is 77.2 Å². The molecule has 1 aromatic rings. The molecule has 36 heavy (non-hydrogen) atoms. The largest absolute Gasteiger partial charge is 0.398 e. The number of aliphatic imine (C=N–C) groups is 1. The molecule has 4 aliphatic carbocycles. The van der Waals surface area contributed by atoms with E-state index in [0.29, 0.717) is 34.9 Å². The van der Waals surface area contributed by atoms with Crippen molar-refractivity contribution in [1.29, 1.82) is 0 Å². The van der Waals surface area contributed by atoms with E-state index in [-0.39, 0.29) is 34.9 Å². The number of anilines is 1. The Morgan fingerprint density at radius 3 is 2.75 bits per heavy atom. The summed E-state index contributed by atoms with van der Waals surface area (Å²) in [7, 11) is 1.83. The SMILES string of the molecule is COC[C@]12CC[C@@](C)(O)C[C@@H]1CC[C@H]1[C@@H]3CC[C@H](C(=O)CN=Cc4cc(F)ccc4N)[C@@]3(C)CC[C@@H]12. The molecule has 3 N–H and O–H groups in total. The number of nitrogens with zero attached hydrogens (tertiary/aromatic N) is 1. The number of halogens is 1. The Kier molecular flexibility index (Phi) is 6.82. The van der Waals surface area contributed by atoms with Crippen molar-refractivity contribution in [2.45, 2.75) is 77.2 Å². The number of aliphatic hydroxyl groups is 1. The third-order valence-corrected chi connectivity index (χ3v) is 11.0. The van der Waals surface area contributed by atoms with Crippen LogP contribution in [0, 0.1) is 46.2 Å². The fourth-order valence-corrected chi connectivity index (χ4v) is 9.31. The fraction of sp³-hybridized carbons (Fsp3) is 0.733. The molecule has 0 bridgehead atoms. The molecule has 198 valence electrons. The Morgan fingerprint density at radius 1 is 1.17 bits per heavy atom. The summed E-state index contributed by atoms with van der Waals surface area (Å²) >= 11 is 0. The van der Waals surface area contributed by atoms with Crippen molar-refractivity contribution in [3.8, 4) is 0 Å². The maximum absolute atomic E-state index is 13.6. The number of ketones is 1. The van der Waals surface area contributed by atoms with Crippen molar-refractivity contribution in [3.63, 3.8) is 0 Å². The summed E-state index contributed by atoms with van der Waals surface area (Å²) in [5.74, 6) is 2.22. The van der Waals surface area contributed by atoms with Gasteiger partial charge >= 0.3 is 0 Å². The van der Waals surface area contributed by atoms with Crippen LogP contribution in [0.2, 0.25) is 0 Å². The zero-order valence-corrected chi connectivity index (χ0v) is 22.1. The highest BCUT2D eigenvalue weighted by Gasteiger charge is 2.63. The van der Waals surface area contributed by atoms with E-state index in [0.717, 1.165) is 58.0 Å². The molecule has 0 amide bonds. The van der Waals surface area contributed by atoms with Gasteiger partial charge < -0.3 is 15.6 Å². The number of methoxy groups -OCH3 is 1. The van der Waals surface area contributed by atoms with Gasteiger partial charge in [-0.3, -0.25) is 9.79 Å². The molecule has 0 unspecified atom stereocenters. The van der Waals surface area contributed by atoms with E-state index in [1.165, 1.54) is 30.8 Å². The minimum absolute atomic E-state index is 0.0207. The second-order valence-electron chi connectivity index (χ2n) is 12.9. The van der Waals surface area contributed by atoms with E-state index in [9.17, 15) is 14.3 Å². The topological polar surface area (TPSA) is 84.9 Å². The Morgan fingerprint density at radius 2 is 1.97 bits per heavy atom. The van der Waals surface area contributed by atoms with E-state index >= 15 is 0 Å². The molecule has 4 saturated carbocycles. The van der Waals surface area contributed by atoms with Crippen molar-refractivity contribution in [1.82, 2.24) is 0 Å². The van der Waals surface area contributed by atoms with Crippen molar-refractivity contribution in [3.05, 3.63) is 29.6 Å². The number of ether oxygens (including phenoxy) is 1. The predicted molar refractivity (Wildman–Crippen MR) is 140 cm³/mol. The van der Waals surface area contributed by atoms with Crippen molar-refractivity contribution in [2.24, 2.45) is 45.4 Å². The van der Waals surface area contributed by atoms with Crippen LogP contribution in [0.4, 0.5) is 10.1 Å². The van der Waals surface area contributed by atoms with Crippen molar-refractivity contribution < 1.29 is 19.0 Å². The third-order valence-electron chi connectivity index (χ3n) is 11.0. The number of Topliss-reactive ketones (excluding diaryl/α,β-unsaturated/α-hetero) is 1. The molecule has 0 aromatic heterocycles. The van der Waals surface area contributed by atoms with Gasteiger partial charge in [-0.1, -0.05) is 6.92 Å². The van der Waals surface area contributed by atoms with Gasteiger partial charge in [0.05, 0.1) is 18.8 Å². The summed E-state index contributed by atoms with van der Waals surface area (Å²) in [5.41, 5.74) is 6.54. The van der Waals surface area contributed by atoms with E-state index in [1.54, 1.807) is 0 Å². The van der Waals surface area contributed by atoms with Gasteiger partial charge in [-0.2, -0.15) is 0 Å². The Hall–Kier alpha value is -1.79. The van der Waals surface area contributed by atoms with Crippen LogP contribution in [0.15, 0.2) is 23.2 Å². The van der Waals surface area contributed by atoms with Crippen LogP contribution in [0.25, 0.3) is 0 Å². The molecule has 5 rings (SSSR count). The number of nitrogen functional groups attached to an aromatic ring is 1. The third kappa shape index (κ3) is 4.32. The van der Waals surface area contributed by atoms with Crippen molar-refractivity contribution in [2.75, 3.05) is 26.0 Å². The summed E-state index contributed by atoms with van der Waals surface area (Å²) in [6.07, 6.45) is 11.0. The van der Waals surface area contributed by atoms with E-state index in [2.05, 4.69) is 11.9 Å². The number of rotatable bonds is 6. The highest BCUT2D eigenvalue weighted by atomic mass is 19.1. The molecule has 6 heteroatoms. The smallest absolute Gasteiger partial charge is 0.157 e. The normalized spacial score (nSPS) is 42.1. The molecule has 5 nitrogen and oxygen atoms in total. The number of carbonyl (C=O) groups is 1. The Balaban J connectivity index is 1.31. The Labute approximate surface area is 215 Å². The predicted octanol–water partition coefficient (Wildman–Crippen LogP) is 5.43. The van der Waals surface area contributed by atoms with Gasteiger partial charge in [0.15, 0.2) is 5.78 Å². The lowest BCUT2D eigenvalue weighted by molar-refractivity contribution is -0.175. The molecule has 4 fully saturated rings. The quantitative estimate of drug-likeness (QED) is 0.404. The summed E-state index contributed by atoms with van der Waals surface area (Å²) in [4.78, 5) is 17.8. The first-order chi connectivity index (χ1) is 17.1. The van der Waals surface area contributed by atoms with Gasteiger partial charge in [0.25, 0.3) is 0 Å². The average molecular weight is 499 g/mol. The molecular formula is C30H43FN2O3. The molecule has 1 aromatic carbocycles. The zero-order chi connectivity index (χ0) is 25.7. The van der Waals surface area contributed by atoms with Crippen molar-refractivity contribution >= 4 is 17.7 Å². The maximum atomic E-state index is 13.6. The lowest BCUT2D eigenvalue weighted by Crippen LogP contribution is -2.58. The highest BCUT2D eigenvalue weighted by Crippen LogP contribution is 2.68. The first-order valence-corrected chi connectivity index (χ1v) is 13.9. The minimum Gasteiger partial charge on any atom is -0.398 e. The van der Waals surface area contributed by atoms with Crippen LogP contribution in [0.3, 0.4) is 0 Å². The molecule has 8 atom stereocenters. The number of benzene rings is 1. The highest BCUT2D eigenvalue weighted by molar-refractivity contribution is 5.90. The lowest BCUT2D eigenvalue weighted by atomic mass is 9.43. The van der Waals surface area contributed by atoms with Crippen LogP contribution < -0.4 is 5.73 Å². The first-order valence-electron chi connectivity index (χ1n) is 13.9. The summed E-state index contributed by atoms with van der Waals surface area (Å²) in [5, 5.41) is 10.8. The van der Waals surface area contributed by atoms with Gasteiger partial charge in [0.1, 0.15) is 5.82 Å². The molecule has 0 radical (unpaired) electrons. The monoisotopic (exact) mass is 498 g/mol. The maximum Gasteiger partial charge on any atom is 0.157 e. The van der Waals surface area contributed by atoms with Gasteiger partial charge in [-0.15, -0.1) is 0 Å². The Bertz CT molecular complexity index is 1030. The summed E-state index contributed by atoms with van der Waals surface area (Å²) < 4.78 is 19.4. The molecular weight excluding hydrogens is 455 g/mol. The van der Waals surface area contributed by atoms with Gasteiger partial charge in [0, 0.05) is 30.5 Å². The van der Waals surface area contributed by atoms with Crippen LogP contribution in [0.5, 0.6) is 0 Å². The lowest BCUT2D eigenvalue weighted by Gasteiger charge is -2.62. The number of hydrogen-bond donors (Lipinski definition) is 2. The number of carbonyl (C=O) groups excluding carboxylic acids is 1. The minimum atomic E-state index is -0.556. The number of hydrogen-bond acceptors (Lipinski definition) is 5. The molecule has 4 aliphatic rings. The first kappa shape index (κ1) is 25.8. The van der Waals surface area contributed by atoms with Gasteiger partial charge in [-0.25, -0.2) is 4.39 Å². The fourth-order valence-electron chi connectivity index (χ4n) is 9.31. The molecule has 0 aliphatic heterocycles. The van der Waals surface area contributed by atoms with E-state index in [1.807, 2.05) is 14.0 Å². The second kappa shape index (κ2) is 9.50. The van der Waals surface area contributed by atoms with E-state index in [4.69, 9.17) is 10.5 Å². The molecule has 0 heterocycles. The van der Waals surface area contributed by atoms with Crippen LogP contribution >= 0.6 is 0 Å². The van der Waals surface area contributed by atoms with Crippen LogP contribution in [-0.2, 0) is 9.53 Å². The molecule has 0 saturated heterocycles. The van der Waals surface area contributed by atoms with Crippen LogP contribution in [-0.4, -0.2) is 43.0 Å². The summed E-state index contributed by atoms with van der Waals surface area (Å²) in [6, 6.07) is 4.21. The van der Waals surface area contributed by atoms with Gasteiger partial charge in [0.2, 0.25) is 0 Å². The molecule has 0 spiro atoms. The summed E-state index contributed by atoms with van der Waals surface area (Å²) in [6.45, 7) is 5.28.